The van der Waals surface area contributed by atoms with Gasteiger partial charge in [-0.25, -0.2) is 0 Å². The van der Waals surface area contributed by atoms with Crippen LogP contribution in [0.15, 0.2) is 170 Å². The molecule has 0 aliphatic heterocycles. The number of hydrogen-bond acceptors (Lipinski definition) is 0. The molecule has 0 nitrogen and oxygen atoms in total. The van der Waals surface area contributed by atoms with Crippen molar-refractivity contribution in [1.82, 2.24) is 0 Å². The number of benzene rings is 9. The summed E-state index contributed by atoms with van der Waals surface area (Å²) >= 11 is 0. The van der Waals surface area contributed by atoms with Crippen LogP contribution >= 0.6 is 0 Å². The molecule has 0 atom stereocenters. The molecule has 9 aromatic rings. The maximum Gasteiger partial charge on any atom is 0.0629 e. The zero-order valence-corrected chi connectivity index (χ0v) is 23.5. The van der Waals surface area contributed by atoms with E-state index < -0.39 is 24.2 Å². The molecule has 44 heavy (non-hydrogen) atoms. The zero-order chi connectivity index (χ0) is 36.0. The Bertz CT molecular complexity index is 2920. The molecule has 204 valence electrons. The molecular weight excluding hydrogens is 528 g/mol. The van der Waals surface area contributed by atoms with Gasteiger partial charge in [0.2, 0.25) is 0 Å². The van der Waals surface area contributed by atoms with Crippen molar-refractivity contribution in [3.8, 4) is 33.4 Å². The van der Waals surface area contributed by atoms with Gasteiger partial charge in [-0.15, -0.1) is 0 Å². The summed E-state index contributed by atoms with van der Waals surface area (Å²) in [6, 6.07) is 37.0. The van der Waals surface area contributed by atoms with E-state index in [2.05, 4.69) is 42.5 Å². The molecule has 0 bridgehead atoms. The second-order valence-corrected chi connectivity index (χ2v) is 11.1. The summed E-state index contributed by atoms with van der Waals surface area (Å²) in [6.07, 6.45) is 0. The quantitative estimate of drug-likeness (QED) is 0.148. The Kier molecular flexibility index (Phi) is 4.08. The lowest BCUT2D eigenvalue weighted by Gasteiger charge is -2.19. The average molecular weight is 565 g/mol. The fourth-order valence-electron chi connectivity index (χ4n) is 6.67. The summed E-state index contributed by atoms with van der Waals surface area (Å²) in [4.78, 5) is 0. The van der Waals surface area contributed by atoms with Gasteiger partial charge in [-0.2, -0.15) is 0 Å². The van der Waals surface area contributed by atoms with Crippen LogP contribution in [-0.4, -0.2) is 0 Å². The lowest BCUT2D eigenvalue weighted by Crippen LogP contribution is -1.92. The van der Waals surface area contributed by atoms with Gasteiger partial charge >= 0.3 is 0 Å². The first-order chi connectivity index (χ1) is 25.2. The molecule has 0 amide bonds. The molecule has 0 N–H and O–H groups in total. The minimum atomic E-state index is -0.416. The molecule has 0 aromatic heterocycles. The monoisotopic (exact) mass is 564 g/mol. The molecule has 0 heteroatoms. The minimum Gasteiger partial charge on any atom is -0.0616 e. The van der Waals surface area contributed by atoms with Crippen LogP contribution in [0, 0.1) is 0 Å². The van der Waals surface area contributed by atoms with E-state index in [1.807, 2.05) is 78.9 Å². The fourth-order valence-corrected chi connectivity index (χ4v) is 6.67. The predicted molar refractivity (Wildman–Crippen MR) is 190 cm³/mol. The van der Waals surface area contributed by atoms with Gasteiger partial charge < -0.3 is 0 Å². The highest BCUT2D eigenvalue weighted by Gasteiger charge is 2.18. The maximum absolute atomic E-state index is 9.32. The Morgan fingerprint density at radius 1 is 0.318 bits per heavy atom. The van der Waals surface area contributed by atoms with Crippen molar-refractivity contribution in [3.63, 3.8) is 0 Å². The van der Waals surface area contributed by atoms with Crippen molar-refractivity contribution in [3.05, 3.63) is 170 Å². The van der Waals surface area contributed by atoms with Crippen LogP contribution in [0.5, 0.6) is 0 Å². The molecule has 0 aliphatic rings. The van der Waals surface area contributed by atoms with Crippen molar-refractivity contribution in [2.45, 2.75) is 0 Å². The molecule has 0 fully saturated rings. The number of rotatable bonds is 3. The number of hydrogen-bond donors (Lipinski definition) is 0. The van der Waals surface area contributed by atoms with Crippen molar-refractivity contribution in [2.75, 3.05) is 0 Å². The predicted octanol–water partition coefficient (Wildman–Crippen LogP) is 12.5. The van der Waals surface area contributed by atoms with E-state index in [0.717, 1.165) is 43.4 Å². The smallest absolute Gasteiger partial charge is 0.0616 e. The first kappa shape index (κ1) is 18.1. The van der Waals surface area contributed by atoms with Gasteiger partial charge in [0.25, 0.3) is 0 Å². The van der Waals surface area contributed by atoms with E-state index in [4.69, 9.17) is 5.48 Å². The van der Waals surface area contributed by atoms with Crippen LogP contribution in [0.2, 0.25) is 0 Å². The zero-order valence-electron chi connectivity index (χ0n) is 31.5. The second-order valence-electron chi connectivity index (χ2n) is 11.1. The van der Waals surface area contributed by atoms with Gasteiger partial charge in [0.05, 0.1) is 11.0 Å². The summed E-state index contributed by atoms with van der Waals surface area (Å²) in [5.74, 6) is 0. The molecule has 0 saturated heterocycles. The lowest BCUT2D eigenvalue weighted by atomic mass is 9.84. The van der Waals surface area contributed by atoms with E-state index in [1.54, 1.807) is 0 Å². The molecule has 9 aromatic carbocycles. The summed E-state index contributed by atoms with van der Waals surface area (Å²) in [5, 5.41) is 7.02. The number of fused-ring (bicyclic) bond motifs is 6. The summed E-state index contributed by atoms with van der Waals surface area (Å²) in [6.45, 7) is 0. The highest BCUT2D eigenvalue weighted by atomic mass is 14.2. The third-order valence-electron chi connectivity index (χ3n) is 8.66. The molecule has 0 spiro atoms. The second kappa shape index (κ2) is 9.93. The molecule has 0 saturated carbocycles. The Labute approximate surface area is 267 Å². The van der Waals surface area contributed by atoms with Crippen LogP contribution in [-0.2, 0) is 0 Å². The highest BCUT2D eigenvalue weighted by molar-refractivity contribution is 6.23. The Balaban J connectivity index is 1.43. The van der Waals surface area contributed by atoms with E-state index >= 15 is 0 Å². The topological polar surface area (TPSA) is 0 Å². The molecular formula is C44H28. The van der Waals surface area contributed by atoms with Crippen LogP contribution in [0.25, 0.3) is 87.2 Å². The standard InChI is InChI=1S/C44H28/c1-4-17-36-29(11-1)13-10-22-38(36)44-41-20-7-5-18-39(41)43(40-19-6-8-21-42(40)44)34-15-9-14-31(28-34)32-25-26-37-33(27-32)24-23-30-12-2-3-16-35(30)37/h1-28H/i5D,6D,7D,8D,18D,19D,20D,21D. The van der Waals surface area contributed by atoms with E-state index in [0.29, 0.717) is 22.3 Å². The highest BCUT2D eigenvalue weighted by Crippen LogP contribution is 2.45. The van der Waals surface area contributed by atoms with Gasteiger partial charge in [-0.3, -0.25) is 0 Å². The van der Waals surface area contributed by atoms with E-state index in [9.17, 15) is 5.48 Å². The van der Waals surface area contributed by atoms with Crippen molar-refractivity contribution in [1.29, 1.82) is 0 Å². The van der Waals surface area contributed by atoms with Crippen LogP contribution in [0.1, 0.15) is 11.0 Å². The molecule has 0 aliphatic carbocycles. The van der Waals surface area contributed by atoms with Crippen molar-refractivity contribution < 1.29 is 11.0 Å². The summed E-state index contributed by atoms with van der Waals surface area (Å²) in [5.41, 5.74) is 3.67. The van der Waals surface area contributed by atoms with Crippen LogP contribution in [0.3, 0.4) is 0 Å². The average Bonchev–Trinajstić information content (AvgIpc) is 3.19. The largest absolute Gasteiger partial charge is 0.0629 e. The van der Waals surface area contributed by atoms with Gasteiger partial charge in [-0.1, -0.05) is 158 Å². The normalized spacial score (nSPS) is 14.2. The van der Waals surface area contributed by atoms with E-state index in [1.165, 1.54) is 0 Å². The fraction of sp³-hybridized carbons (Fsp3) is 0. The van der Waals surface area contributed by atoms with Crippen LogP contribution < -0.4 is 0 Å². The third-order valence-corrected chi connectivity index (χ3v) is 8.66. The SMILES string of the molecule is [2H]c1c([2H])c([2H])c2c(-c3cccc4ccccc34)c3c([2H])c([2H])c([2H])c([2H])c3c(-c3cccc(-c4ccc5c(ccc6ccccc65)c4)c3)c2c1[2H]. The first-order valence-electron chi connectivity index (χ1n) is 18.6. The first-order valence-corrected chi connectivity index (χ1v) is 14.6. The van der Waals surface area contributed by atoms with Crippen LogP contribution in [0.4, 0.5) is 0 Å². The Morgan fingerprint density at radius 2 is 0.841 bits per heavy atom. The van der Waals surface area contributed by atoms with Crippen molar-refractivity contribution in [2.24, 2.45) is 0 Å². The van der Waals surface area contributed by atoms with Gasteiger partial charge in [0, 0.05) is 0 Å². The molecule has 0 heterocycles. The van der Waals surface area contributed by atoms with Crippen molar-refractivity contribution >= 4 is 53.9 Å². The minimum absolute atomic E-state index is 0.202. The Hall–Kier alpha value is -5.72. The molecule has 0 radical (unpaired) electrons. The Morgan fingerprint density at radius 3 is 1.59 bits per heavy atom. The van der Waals surface area contributed by atoms with Gasteiger partial charge in [0.1, 0.15) is 0 Å². The summed E-state index contributed by atoms with van der Waals surface area (Å²) in [7, 11) is 0. The molecule has 0 unspecified atom stereocenters. The lowest BCUT2D eigenvalue weighted by molar-refractivity contribution is 1.63. The summed E-state index contributed by atoms with van der Waals surface area (Å²) < 4.78 is 72.3. The third kappa shape index (κ3) is 3.85. The van der Waals surface area contributed by atoms with Gasteiger partial charge in [-0.05, 0) is 99.4 Å². The molecule has 9 rings (SSSR count). The van der Waals surface area contributed by atoms with E-state index in [-0.39, 0.29) is 45.7 Å². The van der Waals surface area contributed by atoms with Gasteiger partial charge in [0.15, 0.2) is 0 Å². The maximum atomic E-state index is 9.32.